The Morgan fingerprint density at radius 2 is 1.53 bits per heavy atom. The molecular weight excluding hydrogens is 613 g/mol. The maximum Gasteiger partial charge on any atom is 0.308 e. The number of benzene rings is 3. The lowest BCUT2D eigenvalue weighted by Gasteiger charge is -2.39. The van der Waals surface area contributed by atoms with E-state index in [9.17, 15) is 18.4 Å². The number of halogens is 2. The summed E-state index contributed by atoms with van der Waals surface area (Å²) in [6.07, 6.45) is 1.94. The van der Waals surface area contributed by atoms with Crippen molar-refractivity contribution in [2.75, 3.05) is 0 Å². The minimum atomic E-state index is -2.37. The fourth-order valence-electron chi connectivity index (χ4n) is 5.25. The molecule has 248 valence electrons. The second-order valence-corrected chi connectivity index (χ2v) is 18.6. The molecule has 3 aromatic carbocycles. The van der Waals surface area contributed by atoms with Gasteiger partial charge in [-0.2, -0.15) is 0 Å². The van der Waals surface area contributed by atoms with Crippen LogP contribution in [0.25, 0.3) is 28.1 Å². The fraction of sp³-hybridized carbons (Fsp3) is 0.359. The predicted octanol–water partition coefficient (Wildman–Crippen LogP) is 10.4. The Labute approximate surface area is 278 Å². The van der Waals surface area contributed by atoms with Crippen LogP contribution >= 0.6 is 0 Å². The summed E-state index contributed by atoms with van der Waals surface area (Å²) in [6.45, 7) is 16.3. The van der Waals surface area contributed by atoms with Gasteiger partial charge in [-0.05, 0) is 84.6 Å². The van der Waals surface area contributed by atoms with Gasteiger partial charge in [0.1, 0.15) is 17.7 Å². The van der Waals surface area contributed by atoms with Gasteiger partial charge in [-0.15, -0.1) is 0 Å². The average Bonchev–Trinajstić information content (AvgIpc) is 2.99. The van der Waals surface area contributed by atoms with Gasteiger partial charge in [0.05, 0.1) is 23.7 Å². The molecule has 2 atom stereocenters. The van der Waals surface area contributed by atoms with Crippen molar-refractivity contribution >= 4 is 37.0 Å². The van der Waals surface area contributed by atoms with Crippen molar-refractivity contribution in [1.82, 2.24) is 4.98 Å². The van der Waals surface area contributed by atoms with Crippen molar-refractivity contribution in [3.8, 4) is 11.1 Å². The summed E-state index contributed by atoms with van der Waals surface area (Å²) in [7, 11) is -2.37. The van der Waals surface area contributed by atoms with E-state index in [0.717, 1.165) is 11.3 Å². The summed E-state index contributed by atoms with van der Waals surface area (Å²) >= 11 is 0. The van der Waals surface area contributed by atoms with Crippen LogP contribution in [0.1, 0.15) is 83.2 Å². The molecule has 5 nitrogen and oxygen atoms in total. The van der Waals surface area contributed by atoms with Gasteiger partial charge < -0.3 is 9.16 Å². The molecule has 0 N–H and O–H groups in total. The second kappa shape index (κ2) is 14.8. The molecule has 0 radical (unpaired) electrons. The Morgan fingerprint density at radius 3 is 2.15 bits per heavy atom. The van der Waals surface area contributed by atoms with Crippen LogP contribution in [0.15, 0.2) is 78.9 Å². The van der Waals surface area contributed by atoms with Crippen molar-refractivity contribution in [2.24, 2.45) is 0 Å². The number of hydrogen-bond donors (Lipinski definition) is 0. The third-order valence-corrected chi connectivity index (χ3v) is 13.3. The monoisotopic (exact) mass is 657 g/mol. The number of nitrogens with zero attached hydrogens (tertiary/aromatic N) is 1. The van der Waals surface area contributed by atoms with E-state index in [4.69, 9.17) is 14.1 Å². The molecule has 2 unspecified atom stereocenters. The number of ketones is 1. The van der Waals surface area contributed by atoms with Crippen LogP contribution in [0.3, 0.4) is 0 Å². The number of ether oxygens (including phenoxy) is 1. The number of allylic oxidation sites excluding steroid dienone is 1. The van der Waals surface area contributed by atoms with Crippen molar-refractivity contribution in [1.29, 1.82) is 0 Å². The van der Waals surface area contributed by atoms with Gasteiger partial charge in [-0.3, -0.25) is 14.6 Å². The Hall–Kier alpha value is -4.01. The summed E-state index contributed by atoms with van der Waals surface area (Å²) in [5, 5.41) is 0.413. The lowest BCUT2D eigenvalue weighted by molar-refractivity contribution is -0.150. The van der Waals surface area contributed by atoms with E-state index in [1.165, 1.54) is 30.3 Å². The molecule has 1 heterocycles. The van der Waals surface area contributed by atoms with E-state index in [-0.39, 0.29) is 35.4 Å². The Morgan fingerprint density at radius 1 is 0.894 bits per heavy atom. The van der Waals surface area contributed by atoms with Gasteiger partial charge in [-0.1, -0.05) is 77.1 Å². The van der Waals surface area contributed by atoms with Crippen LogP contribution in [0.2, 0.25) is 18.1 Å². The highest BCUT2D eigenvalue weighted by molar-refractivity contribution is 6.74. The largest absolute Gasteiger partial charge is 0.458 e. The molecule has 8 heteroatoms. The summed E-state index contributed by atoms with van der Waals surface area (Å²) in [4.78, 5) is 31.6. The fourth-order valence-corrected chi connectivity index (χ4v) is 6.60. The summed E-state index contributed by atoms with van der Waals surface area (Å²) in [5.74, 6) is -1.53. The van der Waals surface area contributed by atoms with Crippen LogP contribution in [-0.4, -0.2) is 31.2 Å². The van der Waals surface area contributed by atoms with E-state index in [2.05, 4.69) is 33.9 Å². The minimum Gasteiger partial charge on any atom is -0.458 e. The number of pyridine rings is 1. The highest BCUT2D eigenvalue weighted by Gasteiger charge is 2.40. The summed E-state index contributed by atoms with van der Waals surface area (Å²) in [6, 6.07) is 19.9. The maximum atomic E-state index is 14.5. The summed E-state index contributed by atoms with van der Waals surface area (Å²) < 4.78 is 40.8. The molecule has 0 saturated heterocycles. The minimum absolute atomic E-state index is 0.0314. The molecule has 4 rings (SSSR count). The zero-order valence-electron chi connectivity index (χ0n) is 28.6. The Bertz CT molecular complexity index is 1750. The topological polar surface area (TPSA) is 65.5 Å². The molecule has 47 heavy (non-hydrogen) atoms. The van der Waals surface area contributed by atoms with Gasteiger partial charge in [0.25, 0.3) is 0 Å². The summed E-state index contributed by atoms with van der Waals surface area (Å²) in [5.41, 5.74) is 4.19. The third kappa shape index (κ3) is 9.08. The second-order valence-electron chi connectivity index (χ2n) is 13.9. The first-order valence-corrected chi connectivity index (χ1v) is 19.0. The molecule has 0 saturated carbocycles. The van der Waals surface area contributed by atoms with Crippen molar-refractivity contribution in [3.63, 3.8) is 0 Å². The van der Waals surface area contributed by atoms with E-state index >= 15 is 0 Å². The number of fused-ring (bicyclic) bond motifs is 1. The molecular formula is C39H45F2NO4Si. The van der Waals surface area contributed by atoms with E-state index < -0.39 is 32.3 Å². The first-order chi connectivity index (χ1) is 22.1. The first-order valence-electron chi connectivity index (χ1n) is 16.1. The smallest absolute Gasteiger partial charge is 0.308 e. The molecule has 0 fully saturated rings. The Kier molecular flexibility index (Phi) is 11.3. The normalized spacial score (nSPS) is 13.7. The first kappa shape index (κ1) is 35.8. The van der Waals surface area contributed by atoms with Crippen molar-refractivity contribution < 1.29 is 27.5 Å². The van der Waals surface area contributed by atoms with Crippen molar-refractivity contribution in [2.45, 2.75) is 90.6 Å². The number of aromatic nitrogens is 1. The molecule has 0 bridgehead atoms. The number of carbonyl (C=O) groups is 2. The van der Waals surface area contributed by atoms with Crippen LogP contribution in [0.5, 0.6) is 0 Å². The number of rotatable bonds is 12. The quantitative estimate of drug-likeness (QED) is 0.0862. The van der Waals surface area contributed by atoms with Gasteiger partial charge in [0, 0.05) is 22.9 Å². The molecule has 4 aromatic rings. The molecule has 0 aliphatic carbocycles. The average molecular weight is 658 g/mol. The standard InChI is InChI=1S/C39H45F2NO4Si/c1-25(2)38-33(37(28-14-16-29(40)17-15-28)34-22-30(41)18-21-35(34)42-38)20-19-31(43)23-32(46-47(7,8)39(4,5)6)24-36(44)45-26(3)27-12-10-9-11-13-27/h9-22,25-26,32H,23-24H2,1-8H3. The zero-order chi connectivity index (χ0) is 34.5. The zero-order valence-corrected chi connectivity index (χ0v) is 29.6. The van der Waals surface area contributed by atoms with Crippen LogP contribution < -0.4 is 0 Å². The SMILES string of the molecule is CC(C)c1nc2ccc(F)cc2c(-c2ccc(F)cc2)c1C=CC(=O)CC(CC(=O)OC(C)c1ccccc1)O[Si](C)(C)C(C)(C)C. The van der Waals surface area contributed by atoms with Crippen molar-refractivity contribution in [3.05, 3.63) is 107 Å². The molecule has 1 aromatic heterocycles. The van der Waals surface area contributed by atoms with Crippen LogP contribution in [-0.2, 0) is 18.8 Å². The predicted molar refractivity (Wildman–Crippen MR) is 187 cm³/mol. The molecule has 0 aliphatic rings. The van der Waals surface area contributed by atoms with Crippen LogP contribution in [0.4, 0.5) is 8.78 Å². The highest BCUT2D eigenvalue weighted by atomic mass is 28.4. The van der Waals surface area contributed by atoms with Gasteiger partial charge >= 0.3 is 5.97 Å². The lowest BCUT2D eigenvalue weighted by atomic mass is 9.90. The van der Waals surface area contributed by atoms with Gasteiger partial charge in [0.15, 0.2) is 14.1 Å². The lowest BCUT2D eigenvalue weighted by Crippen LogP contribution is -2.45. The molecule has 0 amide bonds. The number of esters is 1. The number of carbonyl (C=O) groups excluding carboxylic acids is 2. The van der Waals surface area contributed by atoms with Gasteiger partial charge in [-0.25, -0.2) is 8.78 Å². The van der Waals surface area contributed by atoms with E-state index in [0.29, 0.717) is 27.6 Å². The highest BCUT2D eigenvalue weighted by Crippen LogP contribution is 2.39. The molecule has 0 spiro atoms. The van der Waals surface area contributed by atoms with Crippen LogP contribution in [0, 0.1) is 11.6 Å². The maximum absolute atomic E-state index is 14.5. The molecule has 0 aliphatic heterocycles. The Balaban J connectivity index is 1.68. The van der Waals surface area contributed by atoms with E-state index in [1.807, 2.05) is 51.1 Å². The van der Waals surface area contributed by atoms with E-state index in [1.54, 1.807) is 24.3 Å². The van der Waals surface area contributed by atoms with Gasteiger partial charge in [0.2, 0.25) is 0 Å². The third-order valence-electron chi connectivity index (χ3n) is 8.80. The number of hydrogen-bond acceptors (Lipinski definition) is 5.